The molecule has 1 aromatic carbocycles. The second-order valence-electron chi connectivity index (χ2n) is 3.39. The number of hydrogen-bond acceptors (Lipinski definition) is 3. The largest absolute Gasteiger partial charge is 0.481 e. The molecule has 0 spiro atoms. The summed E-state index contributed by atoms with van der Waals surface area (Å²) >= 11 is 0. The Morgan fingerprint density at radius 1 is 1.56 bits per heavy atom. The van der Waals surface area contributed by atoms with Gasteiger partial charge in [-0.1, -0.05) is 0 Å². The van der Waals surface area contributed by atoms with Crippen LogP contribution in [0.25, 0.3) is 0 Å². The second kappa shape index (κ2) is 5.34. The van der Waals surface area contributed by atoms with Crippen molar-refractivity contribution < 1.29 is 13.9 Å². The number of nitrogens with zero attached hydrogens (tertiary/aromatic N) is 1. The van der Waals surface area contributed by atoms with Crippen LogP contribution < -0.4 is 10.5 Å². The lowest BCUT2D eigenvalue weighted by Gasteiger charge is -2.15. The van der Waals surface area contributed by atoms with Crippen molar-refractivity contribution >= 4 is 11.6 Å². The molecule has 1 aromatic rings. The number of amides is 1. The number of likely N-dealkylation sites (N-methyl/N-ethyl adjacent to an activating group) is 1. The molecule has 0 aliphatic rings. The minimum atomic E-state index is -0.563. The number of rotatable bonds is 4. The number of hydrogen-bond donors (Lipinski definition) is 1. The van der Waals surface area contributed by atoms with Gasteiger partial charge >= 0.3 is 0 Å². The Kier molecular flexibility index (Phi) is 4.10. The van der Waals surface area contributed by atoms with E-state index in [0.29, 0.717) is 12.2 Å². The first kappa shape index (κ1) is 12.3. The fraction of sp³-hybridized carbons (Fsp3) is 0.364. The van der Waals surface area contributed by atoms with Gasteiger partial charge in [0, 0.05) is 25.3 Å². The number of ether oxygens (including phenoxy) is 1. The van der Waals surface area contributed by atoms with Crippen molar-refractivity contribution in [2.75, 3.05) is 25.9 Å². The lowest BCUT2D eigenvalue weighted by molar-refractivity contribution is -0.131. The van der Waals surface area contributed by atoms with Crippen LogP contribution in [0.15, 0.2) is 18.2 Å². The minimum Gasteiger partial charge on any atom is -0.481 e. The van der Waals surface area contributed by atoms with E-state index in [9.17, 15) is 9.18 Å². The monoisotopic (exact) mass is 226 g/mol. The molecular formula is C11H15FN2O2. The first-order valence-electron chi connectivity index (χ1n) is 4.96. The van der Waals surface area contributed by atoms with Gasteiger partial charge in [-0.25, -0.2) is 4.39 Å². The average Bonchev–Trinajstić information content (AvgIpc) is 2.26. The Balaban J connectivity index is 2.58. The molecule has 0 radical (unpaired) electrons. The van der Waals surface area contributed by atoms with Gasteiger partial charge in [-0.3, -0.25) is 4.79 Å². The molecule has 0 fully saturated rings. The maximum absolute atomic E-state index is 13.3. The van der Waals surface area contributed by atoms with Crippen LogP contribution in [0.1, 0.15) is 6.92 Å². The highest BCUT2D eigenvalue weighted by molar-refractivity contribution is 5.77. The van der Waals surface area contributed by atoms with Crippen molar-refractivity contribution in [3.63, 3.8) is 0 Å². The third kappa shape index (κ3) is 3.12. The Morgan fingerprint density at radius 3 is 2.81 bits per heavy atom. The van der Waals surface area contributed by atoms with E-state index in [1.165, 1.54) is 17.0 Å². The predicted octanol–water partition coefficient (Wildman–Crippen LogP) is 1.26. The molecule has 0 aromatic heterocycles. The van der Waals surface area contributed by atoms with Crippen LogP contribution >= 0.6 is 0 Å². The number of benzene rings is 1. The lowest BCUT2D eigenvalue weighted by atomic mass is 10.3. The SMILES string of the molecule is CCN(C)C(=O)COc1ccc(N)cc1F. The smallest absolute Gasteiger partial charge is 0.260 e. The lowest BCUT2D eigenvalue weighted by Crippen LogP contribution is -2.31. The Bertz CT molecular complexity index is 382. The van der Waals surface area contributed by atoms with Crippen LogP contribution in [-0.4, -0.2) is 31.0 Å². The van der Waals surface area contributed by atoms with Gasteiger partial charge in [0.1, 0.15) is 0 Å². The Labute approximate surface area is 93.8 Å². The van der Waals surface area contributed by atoms with Gasteiger partial charge in [-0.05, 0) is 19.1 Å². The first-order chi connectivity index (χ1) is 7.54. The summed E-state index contributed by atoms with van der Waals surface area (Å²) in [4.78, 5) is 12.9. The predicted molar refractivity (Wildman–Crippen MR) is 59.6 cm³/mol. The standard InChI is InChI=1S/C11H15FN2O2/c1-3-14(2)11(15)7-16-10-5-4-8(13)6-9(10)12/h4-6H,3,7,13H2,1-2H3. The molecule has 5 heteroatoms. The van der Waals surface area contributed by atoms with Crippen molar-refractivity contribution in [3.05, 3.63) is 24.0 Å². The minimum absolute atomic E-state index is 0.0343. The number of nitrogens with two attached hydrogens (primary N) is 1. The maximum Gasteiger partial charge on any atom is 0.260 e. The summed E-state index contributed by atoms with van der Waals surface area (Å²) in [7, 11) is 1.66. The normalized spacial score (nSPS) is 9.94. The van der Waals surface area contributed by atoms with Crippen molar-refractivity contribution in [1.82, 2.24) is 4.90 Å². The maximum atomic E-state index is 13.3. The fourth-order valence-electron chi connectivity index (χ4n) is 1.06. The molecule has 16 heavy (non-hydrogen) atoms. The van der Waals surface area contributed by atoms with Crippen LogP contribution in [0.5, 0.6) is 5.75 Å². The van der Waals surface area contributed by atoms with Gasteiger partial charge in [-0.2, -0.15) is 0 Å². The van der Waals surface area contributed by atoms with Gasteiger partial charge in [0.15, 0.2) is 18.2 Å². The van der Waals surface area contributed by atoms with Crippen LogP contribution in [-0.2, 0) is 4.79 Å². The third-order valence-electron chi connectivity index (χ3n) is 2.21. The van der Waals surface area contributed by atoms with Crippen molar-refractivity contribution in [3.8, 4) is 5.75 Å². The topological polar surface area (TPSA) is 55.6 Å². The van der Waals surface area contributed by atoms with Gasteiger partial charge in [0.05, 0.1) is 0 Å². The molecular weight excluding hydrogens is 211 g/mol. The van der Waals surface area contributed by atoms with Crippen LogP contribution in [0.3, 0.4) is 0 Å². The van der Waals surface area contributed by atoms with Crippen molar-refractivity contribution in [1.29, 1.82) is 0 Å². The van der Waals surface area contributed by atoms with E-state index in [1.807, 2.05) is 6.92 Å². The Morgan fingerprint density at radius 2 is 2.25 bits per heavy atom. The third-order valence-corrected chi connectivity index (χ3v) is 2.21. The molecule has 0 unspecified atom stereocenters. The molecule has 0 aliphatic heterocycles. The Hall–Kier alpha value is -1.78. The van der Waals surface area contributed by atoms with Gasteiger partial charge in [-0.15, -0.1) is 0 Å². The number of halogens is 1. The average molecular weight is 226 g/mol. The number of anilines is 1. The van der Waals surface area contributed by atoms with Gasteiger partial charge < -0.3 is 15.4 Å². The van der Waals surface area contributed by atoms with Gasteiger partial charge in [0.25, 0.3) is 5.91 Å². The molecule has 2 N–H and O–H groups in total. The van der Waals surface area contributed by atoms with Crippen LogP contribution in [0, 0.1) is 5.82 Å². The summed E-state index contributed by atoms with van der Waals surface area (Å²) in [6.45, 7) is 2.26. The van der Waals surface area contributed by atoms with E-state index < -0.39 is 5.82 Å². The summed E-state index contributed by atoms with van der Waals surface area (Å²) in [5.74, 6) is -0.724. The molecule has 4 nitrogen and oxygen atoms in total. The zero-order valence-electron chi connectivity index (χ0n) is 9.37. The van der Waals surface area contributed by atoms with E-state index in [2.05, 4.69) is 0 Å². The molecule has 1 amide bonds. The summed E-state index contributed by atoms with van der Waals surface area (Å²) in [5, 5.41) is 0. The van der Waals surface area contributed by atoms with E-state index >= 15 is 0 Å². The van der Waals surface area contributed by atoms with Crippen molar-refractivity contribution in [2.45, 2.75) is 6.92 Å². The second-order valence-corrected chi connectivity index (χ2v) is 3.39. The molecule has 0 atom stereocenters. The van der Waals surface area contributed by atoms with E-state index in [4.69, 9.17) is 10.5 Å². The molecule has 1 rings (SSSR count). The quantitative estimate of drug-likeness (QED) is 0.786. The summed E-state index contributed by atoms with van der Waals surface area (Å²) in [6.07, 6.45) is 0. The molecule has 0 saturated carbocycles. The van der Waals surface area contributed by atoms with E-state index in [0.717, 1.165) is 6.07 Å². The van der Waals surface area contributed by atoms with Gasteiger partial charge in [0.2, 0.25) is 0 Å². The molecule has 88 valence electrons. The number of carbonyl (C=O) groups is 1. The molecule has 0 aliphatic carbocycles. The zero-order chi connectivity index (χ0) is 12.1. The first-order valence-corrected chi connectivity index (χ1v) is 4.96. The highest BCUT2D eigenvalue weighted by Gasteiger charge is 2.09. The summed E-state index contributed by atoms with van der Waals surface area (Å²) < 4.78 is 18.3. The van der Waals surface area contributed by atoms with Crippen LogP contribution in [0.2, 0.25) is 0 Å². The fourth-order valence-corrected chi connectivity index (χ4v) is 1.06. The molecule has 0 bridgehead atoms. The molecule has 0 saturated heterocycles. The van der Waals surface area contributed by atoms with Crippen LogP contribution in [0.4, 0.5) is 10.1 Å². The summed E-state index contributed by atoms with van der Waals surface area (Å²) in [5.41, 5.74) is 5.70. The highest BCUT2D eigenvalue weighted by Crippen LogP contribution is 2.19. The van der Waals surface area contributed by atoms with E-state index in [1.54, 1.807) is 7.05 Å². The zero-order valence-corrected chi connectivity index (χ0v) is 9.37. The number of carbonyl (C=O) groups excluding carboxylic acids is 1. The molecule has 0 heterocycles. The van der Waals surface area contributed by atoms with Crippen molar-refractivity contribution in [2.24, 2.45) is 0 Å². The number of nitrogen functional groups attached to an aromatic ring is 1. The highest BCUT2D eigenvalue weighted by atomic mass is 19.1. The van der Waals surface area contributed by atoms with E-state index in [-0.39, 0.29) is 18.3 Å². The summed E-state index contributed by atoms with van der Waals surface area (Å²) in [6, 6.07) is 4.08.